The Morgan fingerprint density at radius 1 is 1.14 bits per heavy atom. The summed E-state index contributed by atoms with van der Waals surface area (Å²) in [5.74, 6) is -3.16. The maximum Gasteiger partial charge on any atom is 0.352 e. The number of hydrogen-bond donors (Lipinski definition) is 3. The molecule has 1 aromatic carbocycles. The number of hydrogen-bond acceptors (Lipinski definition) is 8. The molecular formula is C24H25N3O8S2. The molecule has 13 heteroatoms. The summed E-state index contributed by atoms with van der Waals surface area (Å²) < 4.78 is 0. The summed E-state index contributed by atoms with van der Waals surface area (Å²) in [6.45, 7) is 1.96. The molecule has 4 amide bonds. The third-order valence-corrected chi connectivity index (χ3v) is 8.65. The van der Waals surface area contributed by atoms with E-state index in [2.05, 4.69) is 5.32 Å². The molecule has 1 fully saturated rings. The van der Waals surface area contributed by atoms with Crippen molar-refractivity contribution in [1.29, 1.82) is 0 Å². The standard InChI is InChI=1S/C24H25N3O8S2/c1-2-36-10-12-11-37-22-17(21(31)27(22)18(12)24(34)35)25-16(28)9-5-8-15(23(32)33)26-19(29)13-6-3-4-7-14(13)20(26)30/h3-4,6-7,15,17,22H,2,5,8-11H2,1H3,(H,25,28)(H,32,33)(H,34,35)/t15?,17-,22+/m1/s1. The predicted molar refractivity (Wildman–Crippen MR) is 135 cm³/mol. The fourth-order valence-electron chi connectivity index (χ4n) is 4.58. The van der Waals surface area contributed by atoms with E-state index in [4.69, 9.17) is 0 Å². The summed E-state index contributed by atoms with van der Waals surface area (Å²) in [6, 6.07) is 3.78. The normalized spacial score (nSPS) is 21.4. The molecule has 196 valence electrons. The van der Waals surface area contributed by atoms with Crippen LogP contribution in [0.1, 0.15) is 46.9 Å². The van der Waals surface area contributed by atoms with Crippen LogP contribution in [0.15, 0.2) is 35.5 Å². The van der Waals surface area contributed by atoms with Gasteiger partial charge in [-0.05, 0) is 36.3 Å². The Labute approximate surface area is 220 Å². The number of amides is 4. The highest BCUT2D eigenvalue weighted by Gasteiger charge is 2.54. The van der Waals surface area contributed by atoms with Gasteiger partial charge >= 0.3 is 11.9 Å². The van der Waals surface area contributed by atoms with Gasteiger partial charge < -0.3 is 15.5 Å². The smallest absolute Gasteiger partial charge is 0.352 e. The predicted octanol–water partition coefficient (Wildman–Crippen LogP) is 1.40. The van der Waals surface area contributed by atoms with Gasteiger partial charge in [-0.3, -0.25) is 29.0 Å². The van der Waals surface area contributed by atoms with Crippen LogP contribution in [0.2, 0.25) is 0 Å². The van der Waals surface area contributed by atoms with E-state index in [1.165, 1.54) is 28.8 Å². The van der Waals surface area contributed by atoms with Crippen molar-refractivity contribution in [2.45, 2.75) is 43.6 Å². The van der Waals surface area contributed by atoms with Crippen molar-refractivity contribution in [3.63, 3.8) is 0 Å². The molecule has 1 aromatic rings. The molecule has 0 aromatic heterocycles. The fourth-order valence-corrected chi connectivity index (χ4v) is 6.74. The number of fused-ring (bicyclic) bond motifs is 2. The second-order valence-electron chi connectivity index (χ2n) is 8.62. The topological polar surface area (TPSA) is 161 Å². The second-order valence-corrected chi connectivity index (χ2v) is 11.0. The minimum absolute atomic E-state index is 0.0227. The van der Waals surface area contributed by atoms with Gasteiger partial charge in [-0.1, -0.05) is 19.1 Å². The van der Waals surface area contributed by atoms with E-state index in [1.54, 1.807) is 23.9 Å². The van der Waals surface area contributed by atoms with E-state index in [0.717, 1.165) is 5.75 Å². The highest BCUT2D eigenvalue weighted by atomic mass is 32.2. The van der Waals surface area contributed by atoms with E-state index in [9.17, 15) is 39.0 Å². The van der Waals surface area contributed by atoms with Crippen molar-refractivity contribution in [3.8, 4) is 0 Å². The number of carboxylic acids is 2. The Bertz CT molecular complexity index is 1180. The SMILES string of the molecule is CCSCC1=C(C(=O)O)N2C(=O)[C@@H](NC(=O)CCCC(C(=O)O)N3C(=O)c4ccccc4C3=O)[C@@H]2SC1. The molecule has 3 heterocycles. The molecule has 1 saturated heterocycles. The summed E-state index contributed by atoms with van der Waals surface area (Å²) >= 11 is 2.95. The van der Waals surface area contributed by atoms with Crippen LogP contribution >= 0.6 is 23.5 Å². The Hall–Kier alpha value is -3.32. The number of carbonyl (C=O) groups excluding carboxylic acids is 4. The number of rotatable bonds is 11. The zero-order valence-electron chi connectivity index (χ0n) is 19.8. The number of nitrogens with zero attached hydrogens (tertiary/aromatic N) is 2. The lowest BCUT2D eigenvalue weighted by molar-refractivity contribution is -0.150. The highest BCUT2D eigenvalue weighted by Crippen LogP contribution is 2.41. The van der Waals surface area contributed by atoms with Crippen molar-refractivity contribution in [2.75, 3.05) is 17.3 Å². The zero-order chi connectivity index (χ0) is 26.9. The monoisotopic (exact) mass is 547 g/mol. The number of thioether (sulfide) groups is 2. The minimum Gasteiger partial charge on any atom is -0.480 e. The van der Waals surface area contributed by atoms with Crippen molar-refractivity contribution in [1.82, 2.24) is 15.1 Å². The number of carbonyl (C=O) groups is 6. The van der Waals surface area contributed by atoms with Crippen LogP contribution in [-0.4, -0.2) is 90.3 Å². The van der Waals surface area contributed by atoms with Gasteiger partial charge in [0.1, 0.15) is 23.2 Å². The molecule has 3 aliphatic heterocycles. The van der Waals surface area contributed by atoms with Crippen LogP contribution in [-0.2, 0) is 19.2 Å². The van der Waals surface area contributed by atoms with E-state index >= 15 is 0 Å². The van der Waals surface area contributed by atoms with Gasteiger partial charge in [0.05, 0.1) is 11.1 Å². The minimum atomic E-state index is -1.43. The first kappa shape index (κ1) is 26.7. The van der Waals surface area contributed by atoms with Gasteiger partial charge in [0, 0.05) is 17.9 Å². The summed E-state index contributed by atoms with van der Waals surface area (Å²) in [5.41, 5.74) is 0.929. The molecule has 3 N–H and O–H groups in total. The third-order valence-electron chi connectivity index (χ3n) is 6.35. The average Bonchev–Trinajstić information content (AvgIpc) is 3.12. The lowest BCUT2D eigenvalue weighted by Crippen LogP contribution is -2.70. The number of imide groups is 1. The molecule has 37 heavy (non-hydrogen) atoms. The summed E-state index contributed by atoms with van der Waals surface area (Å²) in [4.78, 5) is 76.2. The Kier molecular flexibility index (Phi) is 7.93. The van der Waals surface area contributed by atoms with Crippen molar-refractivity contribution in [2.24, 2.45) is 0 Å². The summed E-state index contributed by atoms with van der Waals surface area (Å²) in [6.07, 6.45) is -0.215. The van der Waals surface area contributed by atoms with Crippen LogP contribution in [0, 0.1) is 0 Å². The molecule has 0 radical (unpaired) electrons. The van der Waals surface area contributed by atoms with Crippen LogP contribution in [0.5, 0.6) is 0 Å². The van der Waals surface area contributed by atoms with Gasteiger partial charge in [0.2, 0.25) is 5.91 Å². The number of nitrogens with one attached hydrogen (secondary N) is 1. The van der Waals surface area contributed by atoms with Gasteiger partial charge in [0.25, 0.3) is 17.7 Å². The van der Waals surface area contributed by atoms with E-state index < -0.39 is 53.0 Å². The molecule has 4 rings (SSSR count). The van der Waals surface area contributed by atoms with Crippen molar-refractivity contribution >= 4 is 59.1 Å². The van der Waals surface area contributed by atoms with Crippen molar-refractivity contribution in [3.05, 3.63) is 46.7 Å². The highest BCUT2D eigenvalue weighted by molar-refractivity contribution is 8.01. The average molecular weight is 548 g/mol. The zero-order valence-corrected chi connectivity index (χ0v) is 21.5. The molecule has 3 atom stereocenters. The van der Waals surface area contributed by atoms with Crippen LogP contribution in [0.25, 0.3) is 0 Å². The Morgan fingerprint density at radius 3 is 2.35 bits per heavy atom. The van der Waals surface area contributed by atoms with E-state index in [0.29, 0.717) is 22.0 Å². The Morgan fingerprint density at radius 2 is 1.78 bits per heavy atom. The lowest BCUT2D eigenvalue weighted by atomic mass is 10.0. The molecule has 0 aliphatic carbocycles. The largest absolute Gasteiger partial charge is 0.480 e. The van der Waals surface area contributed by atoms with Gasteiger partial charge in [-0.25, -0.2) is 9.59 Å². The van der Waals surface area contributed by atoms with E-state index in [1.807, 2.05) is 6.92 Å². The van der Waals surface area contributed by atoms with E-state index in [-0.39, 0.29) is 36.1 Å². The molecule has 0 spiro atoms. The molecule has 0 saturated carbocycles. The van der Waals surface area contributed by atoms with Crippen LogP contribution in [0.3, 0.4) is 0 Å². The van der Waals surface area contributed by atoms with Gasteiger partial charge in [-0.2, -0.15) is 11.8 Å². The second kappa shape index (κ2) is 11.0. The molecule has 11 nitrogen and oxygen atoms in total. The number of aliphatic carboxylic acids is 2. The number of carboxylic acid groups (broad SMARTS) is 2. The fraction of sp³-hybridized carbons (Fsp3) is 0.417. The molecule has 1 unspecified atom stereocenters. The Balaban J connectivity index is 1.34. The third kappa shape index (κ3) is 4.97. The first-order valence-electron chi connectivity index (χ1n) is 11.6. The quantitative estimate of drug-likeness (QED) is 0.273. The molecule has 0 bridgehead atoms. The first-order chi connectivity index (χ1) is 17.7. The maximum atomic E-state index is 12.7. The maximum absolute atomic E-state index is 12.7. The first-order valence-corrected chi connectivity index (χ1v) is 13.8. The summed E-state index contributed by atoms with van der Waals surface area (Å²) in [5, 5.41) is 21.4. The number of benzene rings is 1. The van der Waals surface area contributed by atoms with Crippen molar-refractivity contribution < 1.29 is 39.0 Å². The van der Waals surface area contributed by atoms with Crippen LogP contribution < -0.4 is 5.32 Å². The number of β-lactam (4-membered cyclic amide) rings is 1. The molecule has 3 aliphatic rings. The van der Waals surface area contributed by atoms with Gasteiger partial charge in [-0.15, -0.1) is 11.8 Å². The van der Waals surface area contributed by atoms with Crippen LogP contribution in [0.4, 0.5) is 0 Å². The lowest BCUT2D eigenvalue weighted by Gasteiger charge is -2.49. The molecular weight excluding hydrogens is 522 g/mol. The van der Waals surface area contributed by atoms with Gasteiger partial charge in [0.15, 0.2) is 0 Å². The summed E-state index contributed by atoms with van der Waals surface area (Å²) in [7, 11) is 0.